The number of amides is 1. The van der Waals surface area contributed by atoms with Gasteiger partial charge >= 0.3 is 0 Å². The van der Waals surface area contributed by atoms with E-state index in [4.69, 9.17) is 15.9 Å². The second-order valence-electron chi connectivity index (χ2n) is 8.05. The number of aromatic nitrogens is 5. The third-order valence-corrected chi connectivity index (χ3v) is 6.76. The van der Waals surface area contributed by atoms with Crippen molar-refractivity contribution in [1.29, 1.82) is 0 Å². The van der Waals surface area contributed by atoms with Crippen LogP contribution in [0.15, 0.2) is 64.5 Å². The number of oxazole rings is 1. The summed E-state index contributed by atoms with van der Waals surface area (Å²) in [5.41, 5.74) is 15.9. The number of hydrogen-bond donors (Lipinski definition) is 2. The Labute approximate surface area is 198 Å². The van der Waals surface area contributed by atoms with Gasteiger partial charge in [-0.2, -0.15) is 9.97 Å². The Hall–Kier alpha value is -4.12. The van der Waals surface area contributed by atoms with E-state index >= 15 is 0 Å². The summed E-state index contributed by atoms with van der Waals surface area (Å²) in [5, 5.41) is 0.583. The highest BCUT2D eigenvalue weighted by molar-refractivity contribution is 7.98. The Kier molecular flexibility index (Phi) is 4.84. The van der Waals surface area contributed by atoms with Crippen molar-refractivity contribution >= 4 is 51.7 Å². The second kappa shape index (κ2) is 8.03. The smallest absolute Gasteiger partial charge is 0.257 e. The topological polar surface area (TPSA) is 142 Å². The van der Waals surface area contributed by atoms with Crippen LogP contribution in [0.4, 0.5) is 11.8 Å². The van der Waals surface area contributed by atoms with E-state index in [-0.39, 0.29) is 23.7 Å². The van der Waals surface area contributed by atoms with Gasteiger partial charge in [0.25, 0.3) is 11.1 Å². The summed E-state index contributed by atoms with van der Waals surface area (Å²) in [4.78, 5) is 32.1. The van der Waals surface area contributed by atoms with Crippen LogP contribution in [0, 0.1) is 0 Å². The lowest BCUT2D eigenvalue weighted by Gasteiger charge is -2.40. The number of carbonyl (C=O) groups excluding carboxylic acids is 1. The van der Waals surface area contributed by atoms with Crippen LogP contribution in [0.1, 0.15) is 22.0 Å². The molecule has 1 aliphatic rings. The summed E-state index contributed by atoms with van der Waals surface area (Å²) in [7, 11) is 0. The summed E-state index contributed by atoms with van der Waals surface area (Å²) < 4.78 is 7.70. The molecule has 0 bridgehead atoms. The van der Waals surface area contributed by atoms with Gasteiger partial charge in [0.2, 0.25) is 5.95 Å². The number of anilines is 2. The van der Waals surface area contributed by atoms with E-state index in [0.29, 0.717) is 40.8 Å². The summed E-state index contributed by atoms with van der Waals surface area (Å²) in [6.07, 6.45) is 1.67. The highest BCUT2D eigenvalue weighted by Crippen LogP contribution is 2.31. The predicted octanol–water partition coefficient (Wildman–Crippen LogP) is 3.12. The number of para-hydroxylation sites is 2. The Balaban J connectivity index is 1.17. The van der Waals surface area contributed by atoms with Gasteiger partial charge in [-0.3, -0.25) is 4.79 Å². The fourth-order valence-electron chi connectivity index (χ4n) is 4.10. The lowest BCUT2D eigenvalue weighted by Crippen LogP contribution is -2.50. The molecule has 170 valence electrons. The maximum Gasteiger partial charge on any atom is 0.257 e. The minimum atomic E-state index is -0.0110. The van der Waals surface area contributed by atoms with E-state index in [9.17, 15) is 4.79 Å². The van der Waals surface area contributed by atoms with Crippen LogP contribution in [0.2, 0.25) is 0 Å². The third kappa shape index (κ3) is 3.50. The molecule has 4 N–H and O–H groups in total. The number of rotatable bonds is 5. The first kappa shape index (κ1) is 20.5. The van der Waals surface area contributed by atoms with Gasteiger partial charge in [-0.15, -0.1) is 0 Å². The largest absolute Gasteiger partial charge is 0.431 e. The molecule has 3 aromatic heterocycles. The number of nitrogens with zero attached hydrogens (tertiary/aromatic N) is 6. The van der Waals surface area contributed by atoms with Crippen LogP contribution in [0.5, 0.6) is 0 Å². The van der Waals surface area contributed by atoms with Gasteiger partial charge in [0.05, 0.1) is 12.4 Å². The number of nitrogen functional groups attached to an aromatic ring is 2. The number of benzene rings is 2. The highest BCUT2D eigenvalue weighted by atomic mass is 32.2. The van der Waals surface area contributed by atoms with E-state index in [1.54, 1.807) is 6.33 Å². The van der Waals surface area contributed by atoms with E-state index in [1.165, 1.54) is 11.8 Å². The van der Waals surface area contributed by atoms with Crippen LogP contribution < -0.4 is 11.5 Å². The molecular formula is C23H20N8O2S. The fraction of sp³-hybridized carbons (Fsp3) is 0.174. The zero-order chi connectivity index (χ0) is 23.2. The number of thioether (sulfide) groups is 1. The average Bonchev–Trinajstić information content (AvgIpc) is 3.41. The molecule has 0 spiro atoms. The molecule has 11 heteroatoms. The van der Waals surface area contributed by atoms with Gasteiger partial charge in [-0.05, 0) is 23.8 Å². The van der Waals surface area contributed by atoms with Crippen molar-refractivity contribution in [3.8, 4) is 0 Å². The molecular weight excluding hydrogens is 452 g/mol. The first-order chi connectivity index (χ1) is 16.6. The SMILES string of the molecule is Nc1nc(N)c2ncn(C3CN(C(=O)c4ccccc4CSc4nc5ccccc5o4)C3)c2n1. The number of nitrogens with two attached hydrogens (primary N) is 2. The predicted molar refractivity (Wildman–Crippen MR) is 129 cm³/mol. The van der Waals surface area contributed by atoms with E-state index in [2.05, 4.69) is 19.9 Å². The van der Waals surface area contributed by atoms with Crippen molar-refractivity contribution in [2.24, 2.45) is 0 Å². The lowest BCUT2D eigenvalue weighted by molar-refractivity contribution is 0.0524. The van der Waals surface area contributed by atoms with Gasteiger partial charge in [-0.1, -0.05) is 42.1 Å². The van der Waals surface area contributed by atoms with Gasteiger partial charge in [0, 0.05) is 24.4 Å². The molecule has 0 aliphatic carbocycles. The molecule has 0 saturated carbocycles. The number of carbonyl (C=O) groups is 1. The zero-order valence-electron chi connectivity index (χ0n) is 18.0. The third-order valence-electron chi connectivity index (χ3n) is 5.88. The molecule has 1 aliphatic heterocycles. The summed E-state index contributed by atoms with van der Waals surface area (Å²) >= 11 is 1.47. The molecule has 0 atom stereocenters. The van der Waals surface area contributed by atoms with Crippen molar-refractivity contribution in [2.75, 3.05) is 24.6 Å². The number of fused-ring (bicyclic) bond motifs is 2. The lowest BCUT2D eigenvalue weighted by atomic mass is 10.0. The minimum Gasteiger partial charge on any atom is -0.431 e. The van der Waals surface area contributed by atoms with Crippen molar-refractivity contribution in [1.82, 2.24) is 29.4 Å². The van der Waals surface area contributed by atoms with Crippen molar-refractivity contribution in [2.45, 2.75) is 17.0 Å². The van der Waals surface area contributed by atoms with Gasteiger partial charge in [0.1, 0.15) is 11.0 Å². The summed E-state index contributed by atoms with van der Waals surface area (Å²) in [6.45, 7) is 1.08. The molecule has 1 amide bonds. The monoisotopic (exact) mass is 472 g/mol. The Bertz CT molecular complexity index is 1510. The average molecular weight is 473 g/mol. The second-order valence-corrected chi connectivity index (χ2v) is 8.97. The maximum atomic E-state index is 13.3. The summed E-state index contributed by atoms with van der Waals surface area (Å²) in [5.74, 6) is 0.916. The first-order valence-electron chi connectivity index (χ1n) is 10.7. The molecule has 5 aromatic rings. The number of imidazole rings is 1. The normalized spacial score (nSPS) is 14.1. The molecule has 0 radical (unpaired) electrons. The van der Waals surface area contributed by atoms with Crippen LogP contribution in [0.3, 0.4) is 0 Å². The van der Waals surface area contributed by atoms with Crippen LogP contribution in [-0.4, -0.2) is 48.4 Å². The van der Waals surface area contributed by atoms with Gasteiger partial charge in [0.15, 0.2) is 17.0 Å². The van der Waals surface area contributed by atoms with Crippen molar-refractivity contribution < 1.29 is 9.21 Å². The Morgan fingerprint density at radius 1 is 1.06 bits per heavy atom. The van der Waals surface area contributed by atoms with Crippen LogP contribution in [0.25, 0.3) is 22.3 Å². The Morgan fingerprint density at radius 2 is 1.85 bits per heavy atom. The van der Waals surface area contributed by atoms with Crippen LogP contribution >= 0.6 is 11.8 Å². The molecule has 2 aromatic carbocycles. The maximum absolute atomic E-state index is 13.3. The highest BCUT2D eigenvalue weighted by Gasteiger charge is 2.34. The van der Waals surface area contributed by atoms with E-state index in [0.717, 1.165) is 16.7 Å². The quantitative estimate of drug-likeness (QED) is 0.369. The van der Waals surface area contributed by atoms with Crippen LogP contribution in [-0.2, 0) is 5.75 Å². The summed E-state index contributed by atoms with van der Waals surface area (Å²) in [6, 6.07) is 15.3. The fourth-order valence-corrected chi connectivity index (χ4v) is 4.94. The minimum absolute atomic E-state index is 0.0110. The standard InChI is InChI=1S/C23H20N8O2S/c24-19-18-20(29-22(25)28-19)31(12-26-18)14-9-30(10-14)21(32)15-6-2-1-5-13(15)11-34-23-27-16-7-3-4-8-17(16)33-23/h1-8,12,14H,9-11H2,(H4,24,25,28,29). The molecule has 10 nitrogen and oxygen atoms in total. The number of likely N-dealkylation sites (tertiary alicyclic amines) is 1. The van der Waals surface area contributed by atoms with Gasteiger partial charge < -0.3 is 25.4 Å². The first-order valence-corrected chi connectivity index (χ1v) is 11.7. The number of hydrogen-bond acceptors (Lipinski definition) is 9. The molecule has 0 unspecified atom stereocenters. The Morgan fingerprint density at radius 3 is 2.71 bits per heavy atom. The molecule has 6 rings (SSSR count). The van der Waals surface area contributed by atoms with Crippen molar-refractivity contribution in [3.63, 3.8) is 0 Å². The molecule has 4 heterocycles. The zero-order valence-corrected chi connectivity index (χ0v) is 18.8. The van der Waals surface area contributed by atoms with E-state index < -0.39 is 0 Å². The molecule has 34 heavy (non-hydrogen) atoms. The van der Waals surface area contributed by atoms with Gasteiger partial charge in [-0.25, -0.2) is 9.97 Å². The van der Waals surface area contributed by atoms with Crippen molar-refractivity contribution in [3.05, 3.63) is 66.0 Å². The molecule has 1 saturated heterocycles. The van der Waals surface area contributed by atoms with E-state index in [1.807, 2.05) is 58.0 Å². The molecule has 1 fully saturated rings.